The third-order valence-corrected chi connectivity index (χ3v) is 6.36. The molecule has 2 N–H and O–H groups in total. The fraction of sp³-hybridized carbons (Fsp3) is 0.321. The number of ether oxygens (including phenoxy) is 1. The van der Waals surface area contributed by atoms with Crippen molar-refractivity contribution in [1.82, 2.24) is 9.55 Å². The molecule has 0 aliphatic carbocycles. The number of nitrogens with zero attached hydrogens (tertiary/aromatic N) is 2. The zero-order chi connectivity index (χ0) is 22.7. The van der Waals surface area contributed by atoms with Crippen LogP contribution in [0.2, 0.25) is 0 Å². The predicted molar refractivity (Wildman–Crippen MR) is 134 cm³/mol. The van der Waals surface area contributed by atoms with Gasteiger partial charge in [0, 0.05) is 17.7 Å². The Balaban J connectivity index is 1.69. The Morgan fingerprint density at radius 2 is 1.75 bits per heavy atom. The summed E-state index contributed by atoms with van der Waals surface area (Å²) in [6, 6.07) is 19.4. The van der Waals surface area contributed by atoms with Crippen LogP contribution in [0.1, 0.15) is 42.5 Å². The van der Waals surface area contributed by atoms with Gasteiger partial charge < -0.3 is 15.0 Å². The van der Waals surface area contributed by atoms with E-state index in [9.17, 15) is 0 Å². The minimum absolute atomic E-state index is 0.563. The Labute approximate surface area is 191 Å². The molecule has 4 nitrogen and oxygen atoms in total. The number of aromatic nitrogens is 2. The van der Waals surface area contributed by atoms with Gasteiger partial charge in [0.25, 0.3) is 0 Å². The van der Waals surface area contributed by atoms with Gasteiger partial charge in [-0.05, 0) is 60.6 Å². The highest BCUT2D eigenvalue weighted by molar-refractivity contribution is 5.94. The number of fused-ring (bicyclic) bond motifs is 1. The molecule has 0 bridgehead atoms. The highest BCUT2D eigenvalue weighted by Gasteiger charge is 2.16. The van der Waals surface area contributed by atoms with E-state index in [1.807, 2.05) is 12.1 Å². The van der Waals surface area contributed by atoms with Crippen molar-refractivity contribution in [2.45, 2.75) is 53.0 Å². The molecular weight excluding hydrogens is 394 g/mol. The summed E-state index contributed by atoms with van der Waals surface area (Å²) in [4.78, 5) is 4.79. The first-order valence-corrected chi connectivity index (χ1v) is 11.6. The molecule has 4 aromatic rings. The van der Waals surface area contributed by atoms with E-state index < -0.39 is 0 Å². The minimum Gasteiger partial charge on any atom is -0.496 e. The lowest BCUT2D eigenvalue weighted by molar-refractivity contribution is 0.410. The Bertz CT molecular complexity index is 1240. The van der Waals surface area contributed by atoms with Crippen LogP contribution in [0, 0.1) is 6.92 Å². The molecule has 4 rings (SSSR count). The van der Waals surface area contributed by atoms with Crippen LogP contribution < -0.4 is 10.5 Å². The number of nitrogen functional groups attached to an aromatic ring is 1. The number of imidazole rings is 1. The van der Waals surface area contributed by atoms with E-state index in [0.29, 0.717) is 5.95 Å². The van der Waals surface area contributed by atoms with Gasteiger partial charge in [0.1, 0.15) is 5.75 Å². The Kier molecular flexibility index (Phi) is 6.50. The van der Waals surface area contributed by atoms with E-state index >= 15 is 0 Å². The second-order valence-corrected chi connectivity index (χ2v) is 8.40. The monoisotopic (exact) mass is 427 g/mol. The number of rotatable bonds is 8. The second-order valence-electron chi connectivity index (χ2n) is 8.40. The van der Waals surface area contributed by atoms with Crippen LogP contribution in [0.3, 0.4) is 0 Å². The van der Waals surface area contributed by atoms with Gasteiger partial charge in [-0.15, -0.1) is 0 Å². The first-order valence-electron chi connectivity index (χ1n) is 11.6. The van der Waals surface area contributed by atoms with E-state index in [4.69, 9.17) is 15.5 Å². The van der Waals surface area contributed by atoms with Gasteiger partial charge in [0.2, 0.25) is 5.95 Å². The number of hydrogen-bond acceptors (Lipinski definition) is 3. The summed E-state index contributed by atoms with van der Waals surface area (Å²) < 4.78 is 7.75. The number of nitrogens with two attached hydrogens (primary N) is 1. The van der Waals surface area contributed by atoms with E-state index in [1.165, 1.54) is 28.7 Å². The number of methoxy groups -OCH3 is 1. The first kappa shape index (κ1) is 21.9. The van der Waals surface area contributed by atoms with Crippen molar-refractivity contribution in [2.75, 3.05) is 12.8 Å². The lowest BCUT2D eigenvalue weighted by Crippen LogP contribution is -2.06. The molecule has 0 spiro atoms. The summed E-state index contributed by atoms with van der Waals surface area (Å²) in [5.41, 5.74) is 16.0. The topological polar surface area (TPSA) is 53.1 Å². The zero-order valence-corrected chi connectivity index (χ0v) is 19.6. The number of aryl methyl sites for hydroxylation is 4. The average molecular weight is 428 g/mol. The molecule has 0 atom stereocenters. The normalized spacial score (nSPS) is 11.2. The number of para-hydroxylation sites is 1. The summed E-state index contributed by atoms with van der Waals surface area (Å²) in [6.45, 7) is 7.39. The molecule has 0 unspecified atom stereocenters. The molecule has 0 aliphatic heterocycles. The van der Waals surface area contributed by atoms with Gasteiger partial charge in [0.15, 0.2) is 0 Å². The lowest BCUT2D eigenvalue weighted by Gasteiger charge is -2.13. The summed E-state index contributed by atoms with van der Waals surface area (Å²) in [5, 5.41) is 0. The smallest absolute Gasteiger partial charge is 0.201 e. The summed E-state index contributed by atoms with van der Waals surface area (Å²) in [5.74, 6) is 1.48. The number of benzene rings is 3. The van der Waals surface area contributed by atoms with Crippen LogP contribution in [0.4, 0.5) is 5.95 Å². The fourth-order valence-electron chi connectivity index (χ4n) is 4.70. The van der Waals surface area contributed by atoms with E-state index in [0.717, 1.165) is 53.7 Å². The number of hydrogen-bond donors (Lipinski definition) is 1. The van der Waals surface area contributed by atoms with Crippen molar-refractivity contribution in [1.29, 1.82) is 0 Å². The maximum Gasteiger partial charge on any atom is 0.201 e. The highest BCUT2D eigenvalue weighted by Crippen LogP contribution is 2.35. The van der Waals surface area contributed by atoms with Gasteiger partial charge in [-0.25, -0.2) is 4.98 Å². The molecule has 0 radical (unpaired) electrons. The van der Waals surface area contributed by atoms with Gasteiger partial charge in [-0.3, -0.25) is 0 Å². The van der Waals surface area contributed by atoms with Crippen molar-refractivity contribution >= 4 is 17.0 Å². The third kappa shape index (κ3) is 4.10. The highest BCUT2D eigenvalue weighted by atomic mass is 16.5. The standard InChI is InChI=1S/C28H33N3O/c1-5-9-21-15-14-20(18-19(21)3)16-17-31-25-12-7-11-24(27(25)30-28(31)29)23-10-8-13-26(32-4)22(23)6-2/h7-8,10-15,18H,5-6,9,16-17H2,1-4H3,(H2,29,30). The molecule has 0 aliphatic rings. The van der Waals surface area contributed by atoms with Gasteiger partial charge in [-0.2, -0.15) is 0 Å². The predicted octanol–water partition coefficient (Wildman–Crippen LogP) is 6.36. The van der Waals surface area contributed by atoms with E-state index in [-0.39, 0.29) is 0 Å². The molecule has 1 aromatic heterocycles. The second kappa shape index (κ2) is 9.47. The van der Waals surface area contributed by atoms with Gasteiger partial charge in [0.05, 0.1) is 18.1 Å². The van der Waals surface area contributed by atoms with Crippen molar-refractivity contribution < 1.29 is 4.74 Å². The number of anilines is 1. The molecule has 3 aromatic carbocycles. The van der Waals surface area contributed by atoms with Gasteiger partial charge in [-0.1, -0.05) is 62.7 Å². The molecule has 0 amide bonds. The Hall–Kier alpha value is -3.27. The van der Waals surface area contributed by atoms with Crippen molar-refractivity contribution in [3.8, 4) is 16.9 Å². The van der Waals surface area contributed by atoms with Crippen molar-refractivity contribution in [3.63, 3.8) is 0 Å². The summed E-state index contributed by atoms with van der Waals surface area (Å²) in [7, 11) is 1.72. The molecule has 0 saturated carbocycles. The maximum absolute atomic E-state index is 6.41. The molecule has 32 heavy (non-hydrogen) atoms. The van der Waals surface area contributed by atoms with Crippen LogP contribution in [0.25, 0.3) is 22.2 Å². The van der Waals surface area contributed by atoms with Crippen LogP contribution in [0.15, 0.2) is 54.6 Å². The van der Waals surface area contributed by atoms with Crippen LogP contribution in [0.5, 0.6) is 5.75 Å². The summed E-state index contributed by atoms with van der Waals surface area (Å²) >= 11 is 0. The Morgan fingerprint density at radius 3 is 2.47 bits per heavy atom. The van der Waals surface area contributed by atoms with Crippen LogP contribution in [-0.4, -0.2) is 16.7 Å². The van der Waals surface area contributed by atoms with Crippen LogP contribution >= 0.6 is 0 Å². The Morgan fingerprint density at radius 1 is 0.969 bits per heavy atom. The quantitative estimate of drug-likeness (QED) is 0.356. The van der Waals surface area contributed by atoms with Gasteiger partial charge >= 0.3 is 0 Å². The van der Waals surface area contributed by atoms with E-state index in [2.05, 4.69) is 67.8 Å². The molecule has 1 heterocycles. The first-order chi connectivity index (χ1) is 15.6. The molecule has 4 heteroatoms. The summed E-state index contributed by atoms with van der Waals surface area (Å²) in [6.07, 6.45) is 4.12. The van der Waals surface area contributed by atoms with Crippen molar-refractivity contribution in [3.05, 3.63) is 76.9 Å². The molecule has 0 saturated heterocycles. The van der Waals surface area contributed by atoms with Crippen LogP contribution in [-0.2, 0) is 25.8 Å². The zero-order valence-electron chi connectivity index (χ0n) is 19.6. The lowest BCUT2D eigenvalue weighted by atomic mass is 9.96. The fourth-order valence-corrected chi connectivity index (χ4v) is 4.70. The maximum atomic E-state index is 6.41. The molecule has 0 fully saturated rings. The SMILES string of the molecule is CCCc1ccc(CCn2c(N)nc3c(-c4cccc(OC)c4CC)cccc32)cc1C. The van der Waals surface area contributed by atoms with Crippen molar-refractivity contribution in [2.24, 2.45) is 0 Å². The molecular formula is C28H33N3O. The molecule has 166 valence electrons. The minimum atomic E-state index is 0.563. The van der Waals surface area contributed by atoms with E-state index in [1.54, 1.807) is 7.11 Å². The third-order valence-electron chi connectivity index (χ3n) is 6.36. The average Bonchev–Trinajstić information content (AvgIpc) is 3.13. The largest absolute Gasteiger partial charge is 0.496 e.